The van der Waals surface area contributed by atoms with E-state index in [2.05, 4.69) is 10.3 Å². The van der Waals surface area contributed by atoms with Crippen molar-refractivity contribution in [2.24, 2.45) is 0 Å². The van der Waals surface area contributed by atoms with Gasteiger partial charge in [0, 0.05) is 46.6 Å². The van der Waals surface area contributed by atoms with Gasteiger partial charge in [0.2, 0.25) is 0 Å². The molecule has 2 aromatic carbocycles. The SMILES string of the molecule is O=C(O)C(=O)c1cn(Cc2csc3ccc(Cl)cc23)c2cc(N3CCCC(O)C3)ccc12. The maximum atomic E-state index is 12.4. The number of halogens is 1. The molecule has 2 N–H and O–H groups in total. The number of benzene rings is 2. The lowest BCUT2D eigenvalue weighted by Crippen LogP contribution is -2.38. The predicted molar refractivity (Wildman–Crippen MR) is 127 cm³/mol. The molecular formula is C24H21ClN2O4S. The molecule has 0 saturated carbocycles. The number of thiophene rings is 1. The molecule has 4 aromatic rings. The number of carboxylic acids is 1. The first-order chi connectivity index (χ1) is 15.4. The van der Waals surface area contributed by atoms with Crippen LogP contribution in [0.3, 0.4) is 0 Å². The average molecular weight is 469 g/mol. The Labute approximate surface area is 193 Å². The second-order valence-corrected chi connectivity index (χ2v) is 9.50. The van der Waals surface area contributed by atoms with Crippen LogP contribution < -0.4 is 4.90 Å². The van der Waals surface area contributed by atoms with E-state index in [1.807, 2.05) is 34.9 Å². The Morgan fingerprint density at radius 2 is 2.00 bits per heavy atom. The molecule has 8 heteroatoms. The summed E-state index contributed by atoms with van der Waals surface area (Å²) in [6.07, 6.45) is 2.96. The minimum Gasteiger partial charge on any atom is -0.475 e. The largest absolute Gasteiger partial charge is 0.475 e. The van der Waals surface area contributed by atoms with Crippen molar-refractivity contribution in [2.45, 2.75) is 25.5 Å². The highest BCUT2D eigenvalue weighted by molar-refractivity contribution is 7.17. The maximum absolute atomic E-state index is 12.4. The Hall–Kier alpha value is -2.87. The zero-order chi connectivity index (χ0) is 22.4. The molecule has 0 amide bonds. The van der Waals surface area contributed by atoms with Crippen molar-refractivity contribution in [3.05, 3.63) is 64.1 Å². The van der Waals surface area contributed by atoms with Crippen LogP contribution in [0.4, 0.5) is 5.69 Å². The number of aliphatic hydroxyl groups excluding tert-OH is 1. The molecule has 1 aliphatic heterocycles. The first-order valence-electron chi connectivity index (χ1n) is 10.4. The van der Waals surface area contributed by atoms with E-state index in [-0.39, 0.29) is 11.7 Å². The van der Waals surface area contributed by atoms with E-state index in [1.165, 1.54) is 0 Å². The number of rotatable bonds is 5. The summed E-state index contributed by atoms with van der Waals surface area (Å²) in [6, 6.07) is 11.5. The van der Waals surface area contributed by atoms with Gasteiger partial charge in [-0.2, -0.15) is 0 Å². The lowest BCUT2D eigenvalue weighted by Gasteiger charge is -2.32. The Bertz CT molecular complexity index is 1360. The smallest absolute Gasteiger partial charge is 0.377 e. The highest BCUT2D eigenvalue weighted by Crippen LogP contribution is 2.33. The highest BCUT2D eigenvalue weighted by Gasteiger charge is 2.23. The number of carbonyl (C=O) groups excluding carboxylic acids is 1. The molecule has 5 rings (SSSR count). The number of aromatic nitrogens is 1. The van der Waals surface area contributed by atoms with Gasteiger partial charge < -0.3 is 19.7 Å². The van der Waals surface area contributed by atoms with E-state index in [0.717, 1.165) is 46.2 Å². The Morgan fingerprint density at radius 1 is 1.16 bits per heavy atom. The van der Waals surface area contributed by atoms with Crippen LogP contribution in [0.2, 0.25) is 5.02 Å². The first kappa shape index (κ1) is 21.0. The molecule has 1 atom stereocenters. The van der Waals surface area contributed by atoms with Gasteiger partial charge in [0.25, 0.3) is 5.78 Å². The van der Waals surface area contributed by atoms with E-state index in [0.29, 0.717) is 23.5 Å². The molecule has 1 unspecified atom stereocenters. The Morgan fingerprint density at radius 3 is 2.78 bits per heavy atom. The van der Waals surface area contributed by atoms with Gasteiger partial charge in [-0.25, -0.2) is 4.79 Å². The fourth-order valence-electron chi connectivity index (χ4n) is 4.45. The second-order valence-electron chi connectivity index (χ2n) is 8.15. The summed E-state index contributed by atoms with van der Waals surface area (Å²) < 4.78 is 3.04. The number of Topliss-reactive ketones (excluding diaryl/α,β-unsaturated/α-hetero) is 1. The number of aliphatic carboxylic acids is 1. The van der Waals surface area contributed by atoms with Gasteiger partial charge in [0.1, 0.15) is 0 Å². The van der Waals surface area contributed by atoms with E-state index in [4.69, 9.17) is 11.6 Å². The van der Waals surface area contributed by atoms with Crippen molar-refractivity contribution in [1.29, 1.82) is 0 Å². The van der Waals surface area contributed by atoms with Crippen LogP contribution in [-0.2, 0) is 11.3 Å². The Balaban J connectivity index is 1.62. The van der Waals surface area contributed by atoms with Gasteiger partial charge in [-0.3, -0.25) is 4.79 Å². The molecule has 1 aliphatic rings. The second kappa shape index (κ2) is 8.24. The Kier molecular flexibility index (Phi) is 5.41. The van der Waals surface area contributed by atoms with Crippen LogP contribution in [0, 0.1) is 0 Å². The average Bonchev–Trinajstić information content (AvgIpc) is 3.34. The van der Waals surface area contributed by atoms with Gasteiger partial charge in [-0.05, 0) is 59.5 Å². The minimum absolute atomic E-state index is 0.176. The number of nitrogens with zero attached hydrogens (tertiary/aromatic N) is 2. The standard InChI is InChI=1S/C24H21ClN2O4S/c25-15-3-6-22-19(8-15)14(13-32-22)10-27-12-20(23(29)24(30)31)18-5-4-16(9-21(18)27)26-7-1-2-17(28)11-26/h3-6,8-9,12-13,17,28H,1-2,7,10-11H2,(H,30,31). The van der Waals surface area contributed by atoms with Crippen molar-refractivity contribution < 1.29 is 19.8 Å². The number of carbonyl (C=O) groups is 2. The number of ketones is 1. The summed E-state index contributed by atoms with van der Waals surface area (Å²) in [5.41, 5.74) is 2.96. The third kappa shape index (κ3) is 3.77. The van der Waals surface area contributed by atoms with Crippen LogP contribution in [0.5, 0.6) is 0 Å². The number of anilines is 1. The van der Waals surface area contributed by atoms with Crippen molar-refractivity contribution in [2.75, 3.05) is 18.0 Å². The van der Waals surface area contributed by atoms with Gasteiger partial charge >= 0.3 is 5.97 Å². The molecule has 0 spiro atoms. The molecule has 1 fully saturated rings. The molecule has 6 nitrogen and oxygen atoms in total. The molecule has 2 aromatic heterocycles. The highest BCUT2D eigenvalue weighted by atomic mass is 35.5. The lowest BCUT2D eigenvalue weighted by molar-refractivity contribution is -0.131. The van der Waals surface area contributed by atoms with Gasteiger partial charge in [0.05, 0.1) is 17.2 Å². The van der Waals surface area contributed by atoms with Crippen LogP contribution in [0.1, 0.15) is 28.8 Å². The number of hydrogen-bond acceptors (Lipinski definition) is 5. The molecule has 0 bridgehead atoms. The minimum atomic E-state index is -1.47. The number of carboxylic acid groups (broad SMARTS) is 1. The first-order valence-corrected chi connectivity index (χ1v) is 11.7. The number of fused-ring (bicyclic) bond motifs is 2. The predicted octanol–water partition coefficient (Wildman–Crippen LogP) is 4.79. The van der Waals surface area contributed by atoms with Crippen molar-refractivity contribution in [1.82, 2.24) is 4.57 Å². The molecule has 32 heavy (non-hydrogen) atoms. The maximum Gasteiger partial charge on any atom is 0.377 e. The van der Waals surface area contributed by atoms with E-state index in [1.54, 1.807) is 23.6 Å². The summed E-state index contributed by atoms with van der Waals surface area (Å²) in [5, 5.41) is 23.8. The van der Waals surface area contributed by atoms with E-state index >= 15 is 0 Å². The third-order valence-electron chi connectivity index (χ3n) is 6.02. The third-order valence-corrected chi connectivity index (χ3v) is 7.27. The molecular weight excluding hydrogens is 448 g/mol. The topological polar surface area (TPSA) is 82.8 Å². The van der Waals surface area contributed by atoms with Crippen molar-refractivity contribution in [3.63, 3.8) is 0 Å². The van der Waals surface area contributed by atoms with Gasteiger partial charge in [-0.15, -0.1) is 11.3 Å². The summed E-state index contributed by atoms with van der Waals surface area (Å²) in [6.45, 7) is 1.88. The van der Waals surface area contributed by atoms with Crippen LogP contribution >= 0.6 is 22.9 Å². The lowest BCUT2D eigenvalue weighted by atomic mass is 10.1. The van der Waals surface area contributed by atoms with Crippen LogP contribution in [0.15, 0.2) is 48.0 Å². The normalized spacial score (nSPS) is 16.7. The molecule has 164 valence electrons. The van der Waals surface area contributed by atoms with Gasteiger partial charge in [0.15, 0.2) is 0 Å². The van der Waals surface area contributed by atoms with Crippen LogP contribution in [0.25, 0.3) is 21.0 Å². The molecule has 0 aliphatic carbocycles. The van der Waals surface area contributed by atoms with Gasteiger partial charge in [-0.1, -0.05) is 17.7 Å². The van der Waals surface area contributed by atoms with Crippen molar-refractivity contribution in [3.8, 4) is 0 Å². The van der Waals surface area contributed by atoms with E-state index in [9.17, 15) is 19.8 Å². The summed E-state index contributed by atoms with van der Waals surface area (Å²) in [7, 11) is 0. The van der Waals surface area contributed by atoms with Crippen molar-refractivity contribution >= 4 is 61.4 Å². The monoisotopic (exact) mass is 468 g/mol. The fourth-order valence-corrected chi connectivity index (χ4v) is 5.56. The van der Waals surface area contributed by atoms with E-state index < -0.39 is 11.8 Å². The fraction of sp³-hybridized carbons (Fsp3) is 0.250. The molecule has 1 saturated heterocycles. The number of piperidine rings is 1. The quantitative estimate of drug-likeness (QED) is 0.325. The number of β-amino-alcohol motifs (C(OH)–C–C–N with tert-alkyl or cyclic N) is 1. The van der Waals surface area contributed by atoms with Crippen LogP contribution in [-0.4, -0.2) is 45.7 Å². The summed E-state index contributed by atoms with van der Waals surface area (Å²) >= 11 is 7.83. The summed E-state index contributed by atoms with van der Waals surface area (Å²) in [4.78, 5) is 25.9. The molecule has 3 heterocycles. The number of aliphatic hydroxyl groups is 1. The molecule has 0 radical (unpaired) electrons. The zero-order valence-corrected chi connectivity index (χ0v) is 18.7. The zero-order valence-electron chi connectivity index (χ0n) is 17.1. The summed E-state index contributed by atoms with van der Waals surface area (Å²) in [5.74, 6) is -2.40. The number of hydrogen-bond donors (Lipinski definition) is 2.